The lowest BCUT2D eigenvalue weighted by Gasteiger charge is -2.32. The summed E-state index contributed by atoms with van der Waals surface area (Å²) in [6.07, 6.45) is 4.14. The molecule has 0 saturated heterocycles. The molecule has 3 heteroatoms. The Labute approximate surface area is 108 Å². The smallest absolute Gasteiger partial charge is 0.137 e. The van der Waals surface area contributed by atoms with Gasteiger partial charge in [0.2, 0.25) is 0 Å². The fraction of sp³-hybridized carbons (Fsp3) is 0.571. The van der Waals surface area contributed by atoms with E-state index in [0.717, 1.165) is 18.2 Å². The molecule has 1 N–H and O–H groups in total. The molecule has 1 saturated carbocycles. The Morgan fingerprint density at radius 1 is 1.47 bits per heavy atom. The molecule has 0 bridgehead atoms. The van der Waals surface area contributed by atoms with Crippen molar-refractivity contribution in [3.63, 3.8) is 0 Å². The van der Waals surface area contributed by atoms with Gasteiger partial charge in [-0.25, -0.2) is 0 Å². The van der Waals surface area contributed by atoms with Gasteiger partial charge in [-0.2, -0.15) is 0 Å². The molecule has 0 aromatic heterocycles. The average Bonchev–Trinajstić information content (AvgIpc) is 2.24. The van der Waals surface area contributed by atoms with Crippen molar-refractivity contribution in [1.82, 2.24) is 5.32 Å². The fourth-order valence-electron chi connectivity index (χ4n) is 2.21. The molecule has 0 heterocycles. The zero-order valence-electron chi connectivity index (χ0n) is 10.5. The van der Waals surface area contributed by atoms with Gasteiger partial charge < -0.3 is 10.1 Å². The van der Waals surface area contributed by atoms with E-state index in [2.05, 4.69) is 18.3 Å². The predicted molar refractivity (Wildman–Crippen MR) is 71.6 cm³/mol. The molecule has 1 aliphatic rings. The molecular formula is C14H20ClNO. The highest BCUT2D eigenvalue weighted by molar-refractivity contribution is 6.32. The van der Waals surface area contributed by atoms with E-state index in [9.17, 15) is 0 Å². The third kappa shape index (κ3) is 3.14. The van der Waals surface area contributed by atoms with Gasteiger partial charge in [0, 0.05) is 12.6 Å². The molecule has 94 valence electrons. The van der Waals surface area contributed by atoms with Crippen molar-refractivity contribution in [3.8, 4) is 5.75 Å². The molecule has 2 nitrogen and oxygen atoms in total. The van der Waals surface area contributed by atoms with Crippen LogP contribution in [-0.4, -0.2) is 13.2 Å². The Morgan fingerprint density at radius 3 is 2.76 bits per heavy atom. The summed E-state index contributed by atoms with van der Waals surface area (Å²) < 4.78 is 5.14. The lowest BCUT2D eigenvalue weighted by Crippen LogP contribution is -2.36. The van der Waals surface area contributed by atoms with Crippen LogP contribution in [0.15, 0.2) is 18.2 Å². The summed E-state index contributed by atoms with van der Waals surface area (Å²) in [6, 6.07) is 6.56. The lowest BCUT2D eigenvalue weighted by molar-refractivity contribution is 0.240. The molecule has 0 amide bonds. The Balaban J connectivity index is 1.87. The number of ether oxygens (including phenoxy) is 1. The molecule has 0 radical (unpaired) electrons. The summed E-state index contributed by atoms with van der Waals surface area (Å²) in [6.45, 7) is 3.15. The van der Waals surface area contributed by atoms with Crippen molar-refractivity contribution in [1.29, 1.82) is 0 Å². The Bertz CT molecular complexity index is 376. The van der Waals surface area contributed by atoms with Gasteiger partial charge in [0.05, 0.1) is 12.1 Å². The molecule has 1 aliphatic carbocycles. The first-order valence-corrected chi connectivity index (χ1v) is 6.64. The predicted octanol–water partition coefficient (Wildman–Crippen LogP) is 3.63. The average molecular weight is 254 g/mol. The monoisotopic (exact) mass is 253 g/mol. The van der Waals surface area contributed by atoms with Crippen molar-refractivity contribution in [3.05, 3.63) is 28.8 Å². The minimum Gasteiger partial charge on any atom is -0.495 e. The van der Waals surface area contributed by atoms with Crippen LogP contribution in [0.25, 0.3) is 0 Å². The van der Waals surface area contributed by atoms with Gasteiger partial charge in [0.1, 0.15) is 5.75 Å². The van der Waals surface area contributed by atoms with Crippen LogP contribution in [0.4, 0.5) is 0 Å². The Hall–Kier alpha value is -0.730. The zero-order chi connectivity index (χ0) is 12.3. The van der Waals surface area contributed by atoms with Gasteiger partial charge in [-0.05, 0) is 43.4 Å². The number of benzene rings is 1. The quantitative estimate of drug-likeness (QED) is 0.865. The summed E-state index contributed by atoms with van der Waals surface area (Å²) >= 11 is 6.09. The zero-order valence-corrected chi connectivity index (χ0v) is 11.3. The first-order chi connectivity index (χ1) is 8.20. The van der Waals surface area contributed by atoms with Crippen molar-refractivity contribution in [2.24, 2.45) is 5.92 Å². The molecule has 1 aromatic carbocycles. The topological polar surface area (TPSA) is 21.3 Å². The van der Waals surface area contributed by atoms with Crippen molar-refractivity contribution in [2.45, 2.75) is 38.8 Å². The Kier molecular flexibility index (Phi) is 4.30. The van der Waals surface area contributed by atoms with Crippen molar-refractivity contribution >= 4 is 11.6 Å². The van der Waals surface area contributed by atoms with Crippen LogP contribution in [0.2, 0.25) is 5.02 Å². The van der Waals surface area contributed by atoms with Gasteiger partial charge in [0.15, 0.2) is 0 Å². The summed E-state index contributed by atoms with van der Waals surface area (Å²) in [5.41, 5.74) is 1.21. The standard InChI is InChI=1S/C14H20ClNO/c1-10(12-4-3-5-12)16-9-11-6-7-14(17-2)13(15)8-11/h6-8,10,12,16H,3-5,9H2,1-2H3. The molecule has 1 aromatic rings. The normalized spacial score (nSPS) is 17.6. The maximum atomic E-state index is 6.09. The third-order valence-corrected chi connectivity index (χ3v) is 4.00. The van der Waals surface area contributed by atoms with Crippen LogP contribution in [0.5, 0.6) is 5.75 Å². The van der Waals surface area contributed by atoms with Gasteiger partial charge in [-0.15, -0.1) is 0 Å². The molecule has 17 heavy (non-hydrogen) atoms. The van der Waals surface area contributed by atoms with E-state index in [0.29, 0.717) is 11.1 Å². The second-order valence-electron chi connectivity index (χ2n) is 4.83. The van der Waals surface area contributed by atoms with E-state index >= 15 is 0 Å². The molecular weight excluding hydrogens is 234 g/mol. The van der Waals surface area contributed by atoms with E-state index in [4.69, 9.17) is 16.3 Å². The van der Waals surface area contributed by atoms with Crippen LogP contribution in [0.3, 0.4) is 0 Å². The molecule has 1 atom stereocenters. The van der Waals surface area contributed by atoms with Crippen LogP contribution in [0.1, 0.15) is 31.7 Å². The van der Waals surface area contributed by atoms with Crippen LogP contribution in [0, 0.1) is 5.92 Å². The first-order valence-electron chi connectivity index (χ1n) is 6.26. The van der Waals surface area contributed by atoms with E-state index in [1.165, 1.54) is 24.8 Å². The molecule has 0 aliphatic heterocycles. The minimum absolute atomic E-state index is 0.602. The summed E-state index contributed by atoms with van der Waals surface area (Å²) in [5, 5.41) is 4.25. The van der Waals surface area contributed by atoms with Crippen molar-refractivity contribution < 1.29 is 4.74 Å². The largest absolute Gasteiger partial charge is 0.495 e. The summed E-state index contributed by atoms with van der Waals surface area (Å²) in [5.74, 6) is 1.60. The van der Waals surface area contributed by atoms with Crippen LogP contribution in [-0.2, 0) is 6.54 Å². The number of halogens is 1. The number of hydrogen-bond acceptors (Lipinski definition) is 2. The summed E-state index contributed by atoms with van der Waals surface area (Å²) in [7, 11) is 1.64. The van der Waals surface area contributed by atoms with Gasteiger partial charge in [-0.3, -0.25) is 0 Å². The van der Waals surface area contributed by atoms with E-state index in [1.54, 1.807) is 7.11 Å². The third-order valence-electron chi connectivity index (χ3n) is 3.70. The molecule has 2 rings (SSSR count). The number of nitrogens with one attached hydrogen (secondary N) is 1. The maximum Gasteiger partial charge on any atom is 0.137 e. The highest BCUT2D eigenvalue weighted by Gasteiger charge is 2.23. The number of rotatable bonds is 5. The molecule has 1 unspecified atom stereocenters. The van der Waals surface area contributed by atoms with E-state index in [-0.39, 0.29) is 0 Å². The van der Waals surface area contributed by atoms with E-state index in [1.807, 2.05) is 12.1 Å². The van der Waals surface area contributed by atoms with Crippen molar-refractivity contribution in [2.75, 3.05) is 7.11 Å². The number of methoxy groups -OCH3 is 1. The minimum atomic E-state index is 0.602. The summed E-state index contributed by atoms with van der Waals surface area (Å²) in [4.78, 5) is 0. The van der Waals surface area contributed by atoms with Crippen LogP contribution < -0.4 is 10.1 Å². The molecule has 1 fully saturated rings. The Morgan fingerprint density at radius 2 is 2.24 bits per heavy atom. The second-order valence-corrected chi connectivity index (χ2v) is 5.24. The number of hydrogen-bond donors (Lipinski definition) is 1. The molecule has 0 spiro atoms. The first kappa shape index (κ1) is 12.7. The van der Waals surface area contributed by atoms with E-state index < -0.39 is 0 Å². The van der Waals surface area contributed by atoms with Gasteiger partial charge in [-0.1, -0.05) is 24.1 Å². The second kappa shape index (κ2) is 5.74. The highest BCUT2D eigenvalue weighted by Crippen LogP contribution is 2.30. The van der Waals surface area contributed by atoms with Gasteiger partial charge in [0.25, 0.3) is 0 Å². The lowest BCUT2D eigenvalue weighted by atomic mass is 9.80. The highest BCUT2D eigenvalue weighted by atomic mass is 35.5. The van der Waals surface area contributed by atoms with Crippen LogP contribution >= 0.6 is 11.6 Å². The fourth-order valence-corrected chi connectivity index (χ4v) is 2.49. The maximum absolute atomic E-state index is 6.09. The van der Waals surface area contributed by atoms with Gasteiger partial charge >= 0.3 is 0 Å². The SMILES string of the molecule is COc1ccc(CNC(C)C2CCC2)cc1Cl.